The van der Waals surface area contributed by atoms with Crippen LogP contribution in [-0.4, -0.2) is 13.1 Å². The number of ether oxygens (including phenoxy) is 1. The van der Waals surface area contributed by atoms with E-state index in [4.69, 9.17) is 5.73 Å². The van der Waals surface area contributed by atoms with E-state index in [2.05, 4.69) is 4.74 Å². The predicted molar refractivity (Wildman–Crippen MR) is 50.9 cm³/mol. The highest BCUT2D eigenvalue weighted by Crippen LogP contribution is 2.35. The van der Waals surface area contributed by atoms with Gasteiger partial charge in [-0.1, -0.05) is 0 Å². The maximum Gasteiger partial charge on any atom is 0.348 e. The van der Waals surface area contributed by atoms with Crippen molar-refractivity contribution in [1.82, 2.24) is 0 Å². The quantitative estimate of drug-likeness (QED) is 0.694. The van der Waals surface area contributed by atoms with E-state index in [0.717, 1.165) is 18.4 Å². The first-order valence-corrected chi connectivity index (χ1v) is 5.00. The molecule has 3 nitrogen and oxygen atoms in total. The number of rotatable bonds is 1. The number of esters is 1. The molecule has 0 saturated heterocycles. The van der Waals surface area contributed by atoms with E-state index in [9.17, 15) is 4.79 Å². The first-order valence-electron chi connectivity index (χ1n) is 4.19. The molecular weight excluding hydrogens is 186 g/mol. The molecule has 0 saturated carbocycles. The van der Waals surface area contributed by atoms with E-state index >= 15 is 0 Å². The number of methoxy groups -OCH3 is 1. The fraction of sp³-hybridized carbons (Fsp3) is 0.444. The van der Waals surface area contributed by atoms with Crippen molar-refractivity contribution >= 4 is 17.3 Å². The first-order chi connectivity index (χ1) is 6.22. The molecule has 70 valence electrons. The van der Waals surface area contributed by atoms with Gasteiger partial charge in [-0.05, 0) is 24.5 Å². The van der Waals surface area contributed by atoms with Crippen LogP contribution >= 0.6 is 11.3 Å². The van der Waals surface area contributed by atoms with E-state index in [1.165, 1.54) is 23.3 Å². The molecule has 0 aliphatic heterocycles. The summed E-state index contributed by atoms with van der Waals surface area (Å²) >= 11 is 1.50. The lowest BCUT2D eigenvalue weighted by Crippen LogP contribution is -2.05. The van der Waals surface area contributed by atoms with Gasteiger partial charge < -0.3 is 10.5 Å². The Bertz CT molecular complexity index is 345. The van der Waals surface area contributed by atoms with Crippen molar-refractivity contribution in [3.63, 3.8) is 0 Å². The minimum Gasteiger partial charge on any atom is -0.465 e. The van der Waals surface area contributed by atoms with Crippen LogP contribution in [-0.2, 0) is 11.2 Å². The van der Waals surface area contributed by atoms with Gasteiger partial charge in [0, 0.05) is 10.9 Å². The van der Waals surface area contributed by atoms with Crippen molar-refractivity contribution in [3.8, 4) is 0 Å². The van der Waals surface area contributed by atoms with Crippen molar-refractivity contribution in [1.29, 1.82) is 0 Å². The molecule has 4 heteroatoms. The number of fused-ring (bicyclic) bond motifs is 1. The topological polar surface area (TPSA) is 52.3 Å². The molecule has 1 atom stereocenters. The lowest BCUT2D eigenvalue weighted by atomic mass is 10.2. The molecule has 1 aliphatic carbocycles. The Hall–Kier alpha value is -0.870. The van der Waals surface area contributed by atoms with E-state index in [1.807, 2.05) is 6.07 Å². The van der Waals surface area contributed by atoms with Gasteiger partial charge in [-0.15, -0.1) is 11.3 Å². The fourth-order valence-corrected chi connectivity index (χ4v) is 2.76. The summed E-state index contributed by atoms with van der Waals surface area (Å²) in [6, 6.07) is 1.98. The Labute approximate surface area is 80.5 Å². The van der Waals surface area contributed by atoms with Crippen LogP contribution < -0.4 is 5.73 Å². The summed E-state index contributed by atoms with van der Waals surface area (Å²) < 4.78 is 4.64. The van der Waals surface area contributed by atoms with Crippen LogP contribution in [0.1, 0.15) is 32.6 Å². The van der Waals surface area contributed by atoms with E-state index in [1.54, 1.807) is 0 Å². The molecule has 0 fully saturated rings. The van der Waals surface area contributed by atoms with Gasteiger partial charge >= 0.3 is 5.97 Å². The van der Waals surface area contributed by atoms with Crippen LogP contribution in [0.3, 0.4) is 0 Å². The average molecular weight is 197 g/mol. The van der Waals surface area contributed by atoms with Crippen LogP contribution in [0.15, 0.2) is 6.07 Å². The zero-order valence-corrected chi connectivity index (χ0v) is 8.19. The Kier molecular flexibility index (Phi) is 2.09. The summed E-state index contributed by atoms with van der Waals surface area (Å²) in [5.74, 6) is -0.258. The van der Waals surface area contributed by atoms with E-state index in [0.29, 0.717) is 4.88 Å². The van der Waals surface area contributed by atoms with E-state index < -0.39 is 0 Å². The van der Waals surface area contributed by atoms with Gasteiger partial charge in [-0.3, -0.25) is 0 Å². The molecule has 0 spiro atoms. The second-order valence-electron chi connectivity index (χ2n) is 3.13. The predicted octanol–water partition coefficient (Wildman–Crippen LogP) is 1.48. The standard InChI is InChI=1S/C9H11NO2S/c1-12-9(11)8-4-5-6(10)2-3-7(5)13-8/h4,6H,2-3,10H2,1H3. The third-order valence-corrected chi connectivity index (χ3v) is 3.50. The highest BCUT2D eigenvalue weighted by molar-refractivity contribution is 7.14. The molecule has 2 rings (SSSR count). The Morgan fingerprint density at radius 3 is 3.15 bits per heavy atom. The average Bonchev–Trinajstić information content (AvgIpc) is 2.67. The SMILES string of the molecule is COC(=O)c1cc2c(s1)CCC2N. The van der Waals surface area contributed by atoms with Gasteiger partial charge in [0.2, 0.25) is 0 Å². The molecule has 1 heterocycles. The largest absolute Gasteiger partial charge is 0.465 e. The number of aryl methyl sites for hydroxylation is 1. The summed E-state index contributed by atoms with van der Waals surface area (Å²) in [6.07, 6.45) is 2.00. The second kappa shape index (κ2) is 3.12. The molecule has 1 aliphatic rings. The molecule has 0 radical (unpaired) electrons. The highest BCUT2D eigenvalue weighted by Gasteiger charge is 2.24. The zero-order chi connectivity index (χ0) is 9.42. The number of hydrogen-bond donors (Lipinski definition) is 1. The lowest BCUT2D eigenvalue weighted by molar-refractivity contribution is 0.0606. The zero-order valence-electron chi connectivity index (χ0n) is 7.37. The summed E-state index contributed by atoms with van der Waals surface area (Å²) in [5, 5.41) is 0. The first kappa shape index (κ1) is 8.72. The molecule has 1 unspecified atom stereocenters. The maximum atomic E-state index is 11.2. The monoisotopic (exact) mass is 197 g/mol. The molecule has 0 aromatic carbocycles. The lowest BCUT2D eigenvalue weighted by Gasteiger charge is -1.99. The Morgan fingerprint density at radius 1 is 1.77 bits per heavy atom. The summed E-state index contributed by atoms with van der Waals surface area (Å²) in [4.78, 5) is 13.1. The van der Waals surface area contributed by atoms with Crippen molar-refractivity contribution < 1.29 is 9.53 Å². The molecule has 1 aromatic heterocycles. The number of carbonyl (C=O) groups is 1. The molecule has 0 bridgehead atoms. The number of nitrogens with two attached hydrogens (primary N) is 1. The van der Waals surface area contributed by atoms with Crippen LogP contribution in [0.2, 0.25) is 0 Å². The number of hydrogen-bond acceptors (Lipinski definition) is 4. The minimum atomic E-state index is -0.258. The molecule has 0 amide bonds. The molecule has 13 heavy (non-hydrogen) atoms. The van der Waals surface area contributed by atoms with Crippen LogP contribution in [0, 0.1) is 0 Å². The Balaban J connectivity index is 2.34. The number of thiophene rings is 1. The fourth-order valence-electron chi connectivity index (χ4n) is 1.60. The molecular formula is C9H11NO2S. The van der Waals surface area contributed by atoms with Crippen LogP contribution in [0.25, 0.3) is 0 Å². The third kappa shape index (κ3) is 1.36. The highest BCUT2D eigenvalue weighted by atomic mass is 32.1. The van der Waals surface area contributed by atoms with Gasteiger partial charge in [0.15, 0.2) is 0 Å². The smallest absolute Gasteiger partial charge is 0.348 e. The summed E-state index contributed by atoms with van der Waals surface area (Å²) in [5.41, 5.74) is 6.99. The Morgan fingerprint density at radius 2 is 2.54 bits per heavy atom. The molecule has 2 N–H and O–H groups in total. The van der Waals surface area contributed by atoms with Crippen LogP contribution in [0.4, 0.5) is 0 Å². The second-order valence-corrected chi connectivity index (χ2v) is 4.26. The summed E-state index contributed by atoms with van der Waals surface area (Å²) in [6.45, 7) is 0. The van der Waals surface area contributed by atoms with Crippen molar-refractivity contribution in [2.75, 3.05) is 7.11 Å². The van der Waals surface area contributed by atoms with Gasteiger partial charge in [0.25, 0.3) is 0 Å². The van der Waals surface area contributed by atoms with Crippen molar-refractivity contribution in [2.24, 2.45) is 5.73 Å². The van der Waals surface area contributed by atoms with Crippen molar-refractivity contribution in [2.45, 2.75) is 18.9 Å². The summed E-state index contributed by atoms with van der Waals surface area (Å²) in [7, 11) is 1.40. The van der Waals surface area contributed by atoms with Gasteiger partial charge in [-0.25, -0.2) is 4.79 Å². The van der Waals surface area contributed by atoms with Crippen LogP contribution in [0.5, 0.6) is 0 Å². The van der Waals surface area contributed by atoms with Gasteiger partial charge in [-0.2, -0.15) is 0 Å². The van der Waals surface area contributed by atoms with Gasteiger partial charge in [0.1, 0.15) is 4.88 Å². The number of carbonyl (C=O) groups excluding carboxylic acids is 1. The molecule has 1 aromatic rings. The third-order valence-electron chi connectivity index (χ3n) is 2.31. The normalized spacial score (nSPS) is 20.0. The van der Waals surface area contributed by atoms with Crippen molar-refractivity contribution in [3.05, 3.63) is 21.4 Å². The van der Waals surface area contributed by atoms with E-state index in [-0.39, 0.29) is 12.0 Å². The minimum absolute atomic E-state index is 0.115. The van der Waals surface area contributed by atoms with Gasteiger partial charge in [0.05, 0.1) is 7.11 Å². The maximum absolute atomic E-state index is 11.2.